The Morgan fingerprint density at radius 2 is 1.85 bits per heavy atom. The molecular weight excluding hydrogens is 509 g/mol. The van der Waals surface area contributed by atoms with Crippen LogP contribution in [0.3, 0.4) is 0 Å². The second-order valence-electron chi connectivity index (χ2n) is 9.42. The van der Waals surface area contributed by atoms with Crippen molar-refractivity contribution in [3.8, 4) is 11.4 Å². The first-order chi connectivity index (χ1) is 19.3. The van der Waals surface area contributed by atoms with Gasteiger partial charge in [0, 0.05) is 11.6 Å². The third kappa shape index (κ3) is 6.65. The number of halogens is 1. The number of ketones is 1. The fraction of sp³-hybridized carbons (Fsp3) is 0.188. The van der Waals surface area contributed by atoms with Crippen LogP contribution in [0, 0.1) is 0 Å². The van der Waals surface area contributed by atoms with Crippen LogP contribution in [-0.2, 0) is 0 Å². The van der Waals surface area contributed by atoms with Gasteiger partial charge in [-0.3, -0.25) is 14.2 Å². The molecule has 0 unspecified atom stereocenters. The second kappa shape index (κ2) is 12.9. The molecule has 0 bridgehead atoms. The first kappa shape index (κ1) is 28.3. The van der Waals surface area contributed by atoms with Crippen molar-refractivity contribution in [3.05, 3.63) is 136 Å². The smallest absolute Gasteiger partial charge is 0.256 e. The summed E-state index contributed by atoms with van der Waals surface area (Å²) >= 11 is 0. The predicted molar refractivity (Wildman–Crippen MR) is 155 cm³/mol. The van der Waals surface area contributed by atoms with E-state index >= 15 is 0 Å². The molecule has 1 aliphatic rings. The summed E-state index contributed by atoms with van der Waals surface area (Å²) in [7, 11) is 0. The number of anilines is 1. The highest BCUT2D eigenvalue weighted by atomic mass is 19.1. The number of benzene rings is 2. The number of nitrogens with zero attached hydrogens (tertiary/aromatic N) is 1. The monoisotopic (exact) mass is 541 g/mol. The summed E-state index contributed by atoms with van der Waals surface area (Å²) in [6.07, 6.45) is 5.30. The zero-order valence-corrected chi connectivity index (χ0v) is 22.3. The molecule has 40 heavy (non-hydrogen) atoms. The molecule has 206 valence electrons. The van der Waals surface area contributed by atoms with E-state index in [1.165, 1.54) is 28.9 Å². The van der Waals surface area contributed by atoms with Gasteiger partial charge in [0.05, 0.1) is 23.9 Å². The molecule has 7 nitrogen and oxygen atoms in total. The van der Waals surface area contributed by atoms with E-state index in [4.69, 9.17) is 10.5 Å². The van der Waals surface area contributed by atoms with Crippen LogP contribution in [0.25, 0.3) is 5.69 Å². The number of carbonyl (C=O) groups excluding carboxylic acids is 1. The molecule has 0 fully saturated rings. The molecule has 1 heterocycles. The lowest BCUT2D eigenvalue weighted by Crippen LogP contribution is -2.25. The van der Waals surface area contributed by atoms with Gasteiger partial charge in [-0.2, -0.15) is 0 Å². The highest BCUT2D eigenvalue weighted by Gasteiger charge is 2.19. The van der Waals surface area contributed by atoms with Crippen molar-refractivity contribution in [3.63, 3.8) is 0 Å². The Hall–Kier alpha value is -4.69. The number of ether oxygens (including phenoxy) is 1. The molecule has 3 aromatic rings. The van der Waals surface area contributed by atoms with Crippen LogP contribution in [0.5, 0.6) is 5.75 Å². The maximum Gasteiger partial charge on any atom is 0.256 e. The molecule has 4 rings (SSSR count). The van der Waals surface area contributed by atoms with Crippen LogP contribution >= 0.6 is 0 Å². The largest absolute Gasteiger partial charge is 0.511 e. The molecule has 0 amide bonds. The van der Waals surface area contributed by atoms with Crippen molar-refractivity contribution in [2.75, 3.05) is 18.9 Å². The minimum atomic E-state index is -0.397. The van der Waals surface area contributed by atoms with E-state index < -0.39 is 5.83 Å². The average Bonchev–Trinajstić information content (AvgIpc) is 3.12. The Morgan fingerprint density at radius 3 is 2.55 bits per heavy atom. The number of aliphatic hydroxyl groups excluding tert-OH is 1. The lowest BCUT2D eigenvalue weighted by molar-refractivity contribution is 0.103. The van der Waals surface area contributed by atoms with Crippen LogP contribution in [0.4, 0.5) is 10.2 Å². The number of aliphatic hydroxyl groups is 1. The maximum atomic E-state index is 13.9. The zero-order chi connectivity index (χ0) is 28.6. The molecule has 0 saturated carbocycles. The molecule has 0 aliphatic heterocycles. The lowest BCUT2D eigenvalue weighted by atomic mass is 10.0. The molecule has 0 spiro atoms. The van der Waals surface area contributed by atoms with Gasteiger partial charge in [-0.15, -0.1) is 0 Å². The average molecular weight is 542 g/mol. The van der Waals surface area contributed by atoms with Crippen molar-refractivity contribution >= 4 is 11.6 Å². The van der Waals surface area contributed by atoms with Gasteiger partial charge >= 0.3 is 0 Å². The molecule has 4 N–H and O–H groups in total. The summed E-state index contributed by atoms with van der Waals surface area (Å²) < 4.78 is 21.0. The van der Waals surface area contributed by atoms with Crippen LogP contribution in [0.15, 0.2) is 119 Å². The molecule has 1 aliphatic carbocycles. The number of nitrogens with one attached hydrogen (secondary N) is 1. The van der Waals surface area contributed by atoms with E-state index in [1.807, 2.05) is 30.3 Å². The number of Topliss-reactive ketones (excluding diaryl/α,β-unsaturated/α-hetero) is 1. The van der Waals surface area contributed by atoms with Gasteiger partial charge in [0.1, 0.15) is 23.2 Å². The van der Waals surface area contributed by atoms with Gasteiger partial charge < -0.3 is 20.9 Å². The standard InChI is InChI=1S/C32H32FN3O4/c1-21-9-10-24(11-17-28(21)33)31(39)27-16-18-29(38)36(32(27)34)25-12-14-26(15-13-25)40-20-6-19-35-30(22(2)37)23-7-4-3-5-8-23/h3-5,7-9,11-18,30,35,37H,2,6,10,19-20,34H2,1H3/t30-/m1/s1. The summed E-state index contributed by atoms with van der Waals surface area (Å²) in [5.74, 6) is -0.105. The van der Waals surface area contributed by atoms with Crippen molar-refractivity contribution in [2.45, 2.75) is 25.8 Å². The van der Waals surface area contributed by atoms with Gasteiger partial charge in [0.15, 0.2) is 5.78 Å². The van der Waals surface area contributed by atoms with E-state index in [2.05, 4.69) is 11.9 Å². The van der Waals surface area contributed by atoms with Crippen LogP contribution in [-0.4, -0.2) is 28.6 Å². The first-order valence-electron chi connectivity index (χ1n) is 13.0. The molecule has 2 aromatic carbocycles. The van der Waals surface area contributed by atoms with E-state index in [0.717, 1.165) is 5.56 Å². The normalized spacial score (nSPS) is 13.9. The quantitative estimate of drug-likeness (QED) is 0.158. The van der Waals surface area contributed by atoms with E-state index in [1.54, 1.807) is 37.3 Å². The van der Waals surface area contributed by atoms with Crippen molar-refractivity contribution < 1.29 is 19.0 Å². The fourth-order valence-electron chi connectivity index (χ4n) is 4.36. The fourth-order valence-corrected chi connectivity index (χ4v) is 4.36. The minimum Gasteiger partial charge on any atom is -0.511 e. The summed E-state index contributed by atoms with van der Waals surface area (Å²) in [6, 6.07) is 18.7. The minimum absolute atomic E-state index is 0.00554. The van der Waals surface area contributed by atoms with Gasteiger partial charge in [0.2, 0.25) is 0 Å². The number of hydrogen-bond acceptors (Lipinski definition) is 6. The number of nitrogen functional groups attached to an aromatic ring is 1. The van der Waals surface area contributed by atoms with Gasteiger partial charge in [-0.25, -0.2) is 4.39 Å². The predicted octanol–water partition coefficient (Wildman–Crippen LogP) is 5.90. The number of nitrogens with two attached hydrogens (primary N) is 1. The highest BCUT2D eigenvalue weighted by Crippen LogP contribution is 2.25. The van der Waals surface area contributed by atoms with Gasteiger partial charge in [0.25, 0.3) is 5.56 Å². The number of pyridine rings is 1. The van der Waals surface area contributed by atoms with Gasteiger partial charge in [-0.05, 0) is 73.9 Å². The number of rotatable bonds is 11. The second-order valence-corrected chi connectivity index (χ2v) is 9.42. The van der Waals surface area contributed by atoms with Crippen LogP contribution in [0.2, 0.25) is 0 Å². The molecule has 0 radical (unpaired) electrons. The molecule has 1 aromatic heterocycles. The third-order valence-corrected chi connectivity index (χ3v) is 6.60. The van der Waals surface area contributed by atoms with E-state index in [-0.39, 0.29) is 40.9 Å². The summed E-state index contributed by atoms with van der Waals surface area (Å²) in [5, 5.41) is 13.2. The zero-order valence-electron chi connectivity index (χ0n) is 22.3. The first-order valence-corrected chi connectivity index (χ1v) is 13.0. The number of allylic oxidation sites excluding steroid dienone is 6. The van der Waals surface area contributed by atoms with Crippen molar-refractivity contribution in [1.82, 2.24) is 9.88 Å². The maximum absolute atomic E-state index is 13.9. The number of carbonyl (C=O) groups is 1. The topological polar surface area (TPSA) is 107 Å². The summed E-state index contributed by atoms with van der Waals surface area (Å²) in [5.41, 5.74) is 8.33. The lowest BCUT2D eigenvalue weighted by Gasteiger charge is -2.18. The Morgan fingerprint density at radius 1 is 1.12 bits per heavy atom. The molecule has 8 heteroatoms. The third-order valence-electron chi connectivity index (χ3n) is 6.60. The van der Waals surface area contributed by atoms with Crippen molar-refractivity contribution in [1.29, 1.82) is 0 Å². The van der Waals surface area contributed by atoms with Gasteiger partial charge in [-0.1, -0.05) is 49.1 Å². The van der Waals surface area contributed by atoms with E-state index in [0.29, 0.717) is 42.2 Å². The van der Waals surface area contributed by atoms with E-state index in [9.17, 15) is 19.1 Å². The molecular formula is C32H32FN3O4. The van der Waals surface area contributed by atoms with Crippen molar-refractivity contribution in [2.24, 2.45) is 0 Å². The van der Waals surface area contributed by atoms with Crippen LogP contribution < -0.4 is 21.3 Å². The SMILES string of the molecule is C=C(O)[C@@H](NCCCOc1ccc(-n2c(N)c(C(=O)C3=CC=C(F)C(C)=CC3)ccc2=O)cc1)c1ccccc1. The highest BCUT2D eigenvalue weighted by molar-refractivity contribution is 6.11. The molecule has 1 atom stereocenters. The Kier molecular flexibility index (Phi) is 9.14. The number of aromatic nitrogens is 1. The van der Waals surface area contributed by atoms with Crippen LogP contribution in [0.1, 0.15) is 41.7 Å². The Labute approximate surface area is 232 Å². The summed E-state index contributed by atoms with van der Waals surface area (Å²) in [4.78, 5) is 25.9. The molecule has 0 saturated heterocycles. The Balaban J connectivity index is 1.39. The number of hydrogen-bond donors (Lipinski definition) is 3. The Bertz CT molecular complexity index is 1540. The summed E-state index contributed by atoms with van der Waals surface area (Å²) in [6.45, 7) is 6.32.